The number of benzene rings is 2. The maximum absolute atomic E-state index is 12.6. The van der Waals surface area contributed by atoms with E-state index in [0.717, 1.165) is 6.42 Å². The Bertz CT molecular complexity index is 787. The second-order valence-corrected chi connectivity index (χ2v) is 8.86. The number of carbonyl (C=O) groups is 1. The van der Waals surface area contributed by atoms with Gasteiger partial charge >= 0.3 is 146 Å². The first-order chi connectivity index (χ1) is 12.0. The SMILES string of the molecule is CCC(C)[C@@H]1NP2(Oc3ccccc3)(OC1=O)Oc1ccccc1O2. The number of nitrogens with one attached hydrogen (secondary N) is 1. The number of hydrogen-bond donors (Lipinski definition) is 1. The fraction of sp³-hybridized carbons (Fsp3) is 0.278. The third-order valence-corrected chi connectivity index (χ3v) is 7.17. The van der Waals surface area contributed by atoms with E-state index in [2.05, 4.69) is 5.09 Å². The Kier molecular flexibility index (Phi) is 3.63. The second kappa shape index (κ2) is 5.61. The summed E-state index contributed by atoms with van der Waals surface area (Å²) in [5.74, 6) is 1.10. The molecule has 1 saturated heterocycles. The summed E-state index contributed by atoms with van der Waals surface area (Å²) in [4.78, 5) is 12.6. The molecule has 1 unspecified atom stereocenters. The molecule has 4 rings (SSSR count). The first-order valence-corrected chi connectivity index (χ1v) is 10.2. The fourth-order valence-corrected chi connectivity index (χ4v) is 6.05. The van der Waals surface area contributed by atoms with E-state index in [1.165, 1.54) is 0 Å². The summed E-state index contributed by atoms with van der Waals surface area (Å²) < 4.78 is 24.0. The van der Waals surface area contributed by atoms with E-state index in [-0.39, 0.29) is 5.92 Å². The molecular weight excluding hydrogens is 341 g/mol. The molecule has 0 radical (unpaired) electrons. The zero-order valence-corrected chi connectivity index (χ0v) is 14.9. The Morgan fingerprint density at radius 1 is 1.04 bits per heavy atom. The van der Waals surface area contributed by atoms with Gasteiger partial charge in [0.2, 0.25) is 0 Å². The number of rotatable bonds is 4. The van der Waals surface area contributed by atoms with Crippen LogP contribution in [0.5, 0.6) is 17.2 Å². The van der Waals surface area contributed by atoms with Gasteiger partial charge in [0.15, 0.2) is 0 Å². The predicted molar refractivity (Wildman–Crippen MR) is 94.2 cm³/mol. The van der Waals surface area contributed by atoms with Gasteiger partial charge in [0.25, 0.3) is 0 Å². The van der Waals surface area contributed by atoms with Crippen molar-refractivity contribution in [3.63, 3.8) is 0 Å². The van der Waals surface area contributed by atoms with Gasteiger partial charge < -0.3 is 0 Å². The predicted octanol–water partition coefficient (Wildman–Crippen LogP) is 4.23. The average Bonchev–Trinajstić information content (AvgIpc) is 3.08. The number of hydrogen-bond acceptors (Lipinski definition) is 6. The quantitative estimate of drug-likeness (QED) is 0.823. The van der Waals surface area contributed by atoms with Crippen LogP contribution in [0.15, 0.2) is 54.6 Å². The molecule has 25 heavy (non-hydrogen) atoms. The van der Waals surface area contributed by atoms with Crippen LogP contribution in [-0.4, -0.2) is 12.0 Å². The van der Waals surface area contributed by atoms with Crippen LogP contribution in [0, 0.1) is 5.92 Å². The van der Waals surface area contributed by atoms with Gasteiger partial charge in [-0.3, -0.25) is 0 Å². The third-order valence-electron chi connectivity index (χ3n) is 4.43. The van der Waals surface area contributed by atoms with Crippen LogP contribution < -0.4 is 18.7 Å². The molecule has 7 heteroatoms. The summed E-state index contributed by atoms with van der Waals surface area (Å²) >= 11 is 0. The van der Waals surface area contributed by atoms with Crippen molar-refractivity contribution in [3.05, 3.63) is 54.6 Å². The van der Waals surface area contributed by atoms with Crippen molar-refractivity contribution in [1.82, 2.24) is 5.09 Å². The third kappa shape index (κ3) is 2.62. The molecule has 2 heterocycles. The molecule has 0 aliphatic carbocycles. The van der Waals surface area contributed by atoms with E-state index in [1.807, 2.05) is 44.2 Å². The molecule has 1 fully saturated rings. The van der Waals surface area contributed by atoms with E-state index >= 15 is 0 Å². The van der Waals surface area contributed by atoms with Crippen molar-refractivity contribution in [2.24, 2.45) is 5.92 Å². The van der Waals surface area contributed by atoms with Crippen LogP contribution in [-0.2, 0) is 9.32 Å². The number of fused-ring (bicyclic) bond motifs is 1. The van der Waals surface area contributed by atoms with Gasteiger partial charge in [-0.15, -0.1) is 0 Å². The average molecular weight is 361 g/mol. The van der Waals surface area contributed by atoms with Crippen LogP contribution >= 0.6 is 7.66 Å². The molecule has 2 aliphatic rings. The summed E-state index contributed by atoms with van der Waals surface area (Å²) in [6.45, 7) is 3.99. The monoisotopic (exact) mass is 361 g/mol. The van der Waals surface area contributed by atoms with E-state index in [0.29, 0.717) is 17.2 Å². The molecule has 0 aromatic heterocycles. The van der Waals surface area contributed by atoms with Crippen molar-refractivity contribution in [2.75, 3.05) is 0 Å². The molecule has 132 valence electrons. The van der Waals surface area contributed by atoms with Crippen molar-refractivity contribution >= 4 is 13.6 Å². The first-order valence-electron chi connectivity index (χ1n) is 8.32. The molecule has 2 aromatic carbocycles. The minimum atomic E-state index is -4.37. The van der Waals surface area contributed by atoms with Crippen LogP contribution in [0.3, 0.4) is 0 Å². The Morgan fingerprint density at radius 3 is 2.24 bits per heavy atom. The molecule has 1 N–H and O–H groups in total. The Hall–Kier alpha value is -2.30. The van der Waals surface area contributed by atoms with E-state index < -0.39 is 19.7 Å². The second-order valence-electron chi connectivity index (χ2n) is 6.25. The molecule has 2 aliphatic heterocycles. The topological polar surface area (TPSA) is 66.0 Å². The van der Waals surface area contributed by atoms with Gasteiger partial charge in [0.1, 0.15) is 0 Å². The summed E-state index contributed by atoms with van der Waals surface area (Å²) in [7, 11) is -4.37. The van der Waals surface area contributed by atoms with Crippen LogP contribution in [0.4, 0.5) is 0 Å². The molecule has 6 nitrogen and oxygen atoms in total. The molecule has 2 atom stereocenters. The van der Waals surface area contributed by atoms with Gasteiger partial charge in [0, 0.05) is 0 Å². The van der Waals surface area contributed by atoms with Crippen molar-refractivity contribution in [3.8, 4) is 17.2 Å². The summed E-state index contributed by atoms with van der Waals surface area (Å²) in [6.07, 6.45) is 0.803. The van der Waals surface area contributed by atoms with Crippen LogP contribution in [0.1, 0.15) is 20.3 Å². The van der Waals surface area contributed by atoms with E-state index in [4.69, 9.17) is 18.1 Å². The maximum atomic E-state index is 12.6. The molecule has 0 bridgehead atoms. The van der Waals surface area contributed by atoms with Gasteiger partial charge in [-0.25, -0.2) is 0 Å². The molecule has 2 aromatic rings. The molecule has 0 amide bonds. The van der Waals surface area contributed by atoms with Gasteiger partial charge in [-0.05, 0) is 0 Å². The molecule has 1 spiro atoms. The van der Waals surface area contributed by atoms with Gasteiger partial charge in [0.05, 0.1) is 0 Å². The Labute approximate surface area is 146 Å². The zero-order valence-electron chi connectivity index (χ0n) is 14.0. The first kappa shape index (κ1) is 16.2. The molecule has 0 saturated carbocycles. The summed E-state index contributed by atoms with van der Waals surface area (Å²) in [5, 5.41) is 3.17. The number of carbonyl (C=O) groups excluding carboxylic acids is 1. The number of para-hydroxylation sites is 3. The Morgan fingerprint density at radius 2 is 1.64 bits per heavy atom. The van der Waals surface area contributed by atoms with Crippen molar-refractivity contribution in [2.45, 2.75) is 26.3 Å². The summed E-state index contributed by atoms with van der Waals surface area (Å²) in [6, 6.07) is 15.7. The Balaban J connectivity index is 1.77. The van der Waals surface area contributed by atoms with E-state index in [1.54, 1.807) is 24.3 Å². The van der Waals surface area contributed by atoms with E-state index in [9.17, 15) is 4.79 Å². The normalized spacial score (nSPS) is 25.0. The van der Waals surface area contributed by atoms with Gasteiger partial charge in [-0.2, -0.15) is 0 Å². The van der Waals surface area contributed by atoms with Gasteiger partial charge in [-0.1, -0.05) is 0 Å². The van der Waals surface area contributed by atoms with Crippen molar-refractivity contribution < 1.29 is 22.9 Å². The fourth-order valence-electron chi connectivity index (χ4n) is 2.91. The van der Waals surface area contributed by atoms with Crippen LogP contribution in [0.2, 0.25) is 0 Å². The standard InChI is InChI=1S/C18H20NO5P/c1-3-13(2)17-18(20)24-25(19-17,21-14-9-5-4-6-10-14)22-15-11-7-8-12-16(15)23-25/h4-13,17,19H,3H2,1-2H3/t13?,17-/m0/s1. The summed E-state index contributed by atoms with van der Waals surface area (Å²) in [5.41, 5.74) is 0. The zero-order chi connectivity index (χ0) is 17.5. The molecular formula is C18H20NO5P. The van der Waals surface area contributed by atoms with Crippen molar-refractivity contribution in [1.29, 1.82) is 0 Å². The van der Waals surface area contributed by atoms with Crippen LogP contribution in [0.25, 0.3) is 0 Å². The minimum absolute atomic E-state index is 0.0456.